The lowest BCUT2D eigenvalue weighted by Gasteiger charge is -2.45. The van der Waals surface area contributed by atoms with Crippen LogP contribution in [0.3, 0.4) is 0 Å². The summed E-state index contributed by atoms with van der Waals surface area (Å²) in [4.78, 5) is 10.9. The number of nitrogens with one attached hydrogen (secondary N) is 1. The number of likely N-dealkylation sites (tertiary alicyclic amines) is 1. The van der Waals surface area contributed by atoms with E-state index in [9.17, 15) is 0 Å². The van der Waals surface area contributed by atoms with Crippen molar-refractivity contribution < 1.29 is 0 Å². The first-order valence-electron chi connectivity index (χ1n) is 8.60. The van der Waals surface area contributed by atoms with Gasteiger partial charge in [0.15, 0.2) is 0 Å². The lowest BCUT2D eigenvalue weighted by atomic mass is 9.65. The Bertz CT molecular complexity index is 622. The minimum absolute atomic E-state index is 0.557. The van der Waals surface area contributed by atoms with Crippen molar-refractivity contribution in [2.24, 2.45) is 5.41 Å². The van der Waals surface area contributed by atoms with Crippen molar-refractivity contribution in [3.63, 3.8) is 0 Å². The summed E-state index contributed by atoms with van der Waals surface area (Å²) in [5.41, 5.74) is 2.01. The Balaban J connectivity index is 1.24. The van der Waals surface area contributed by atoms with Crippen LogP contribution in [0, 0.1) is 5.41 Å². The van der Waals surface area contributed by atoms with Gasteiger partial charge in [-0.05, 0) is 49.3 Å². The van der Waals surface area contributed by atoms with Gasteiger partial charge in [-0.25, -0.2) is 9.97 Å². The monoisotopic (exact) mass is 308 g/mol. The molecule has 1 saturated heterocycles. The van der Waals surface area contributed by atoms with E-state index in [1.807, 2.05) is 6.07 Å². The molecule has 2 aromatic rings. The standard InChI is InChI=1S/C19H24N4/c1-2-4-16(5-3-1)7-10-23-11-8-19(14-23)12-17(13-19)22-18-6-9-20-15-21-18/h1-6,9,15,17H,7-8,10-14H2,(H,20,21,22). The van der Waals surface area contributed by atoms with E-state index >= 15 is 0 Å². The van der Waals surface area contributed by atoms with Gasteiger partial charge in [-0.2, -0.15) is 0 Å². The Morgan fingerprint density at radius 1 is 1.17 bits per heavy atom. The average molecular weight is 308 g/mol. The molecule has 1 saturated carbocycles. The van der Waals surface area contributed by atoms with Crippen LogP contribution in [0.5, 0.6) is 0 Å². The third kappa shape index (κ3) is 3.37. The Kier molecular flexibility index (Phi) is 4.00. The van der Waals surface area contributed by atoms with Crippen molar-refractivity contribution in [2.45, 2.75) is 31.7 Å². The fourth-order valence-electron chi connectivity index (χ4n) is 4.16. The smallest absolute Gasteiger partial charge is 0.129 e. The molecule has 4 heteroatoms. The summed E-state index contributed by atoms with van der Waals surface area (Å²) in [5, 5.41) is 3.53. The SMILES string of the molecule is c1ccc(CCN2CCC3(CC(Nc4ccncn4)C3)C2)cc1. The van der Waals surface area contributed by atoms with Gasteiger partial charge < -0.3 is 10.2 Å². The van der Waals surface area contributed by atoms with E-state index in [0.717, 1.165) is 5.82 Å². The zero-order valence-corrected chi connectivity index (χ0v) is 13.5. The topological polar surface area (TPSA) is 41.0 Å². The van der Waals surface area contributed by atoms with Crippen molar-refractivity contribution in [3.05, 3.63) is 54.5 Å². The van der Waals surface area contributed by atoms with Crippen LogP contribution >= 0.6 is 0 Å². The van der Waals surface area contributed by atoms with Gasteiger partial charge in [-0.15, -0.1) is 0 Å². The Labute approximate surface area is 138 Å². The molecule has 1 aromatic carbocycles. The van der Waals surface area contributed by atoms with Gasteiger partial charge >= 0.3 is 0 Å². The molecular formula is C19H24N4. The van der Waals surface area contributed by atoms with Crippen LogP contribution in [0.15, 0.2) is 48.9 Å². The fourth-order valence-corrected chi connectivity index (χ4v) is 4.16. The number of rotatable bonds is 5. The molecule has 1 N–H and O–H groups in total. The molecule has 0 atom stereocenters. The first-order valence-corrected chi connectivity index (χ1v) is 8.60. The molecule has 1 aromatic heterocycles. The Morgan fingerprint density at radius 2 is 2.04 bits per heavy atom. The largest absolute Gasteiger partial charge is 0.367 e. The van der Waals surface area contributed by atoms with Crippen LogP contribution in [-0.4, -0.2) is 40.5 Å². The second-order valence-corrected chi connectivity index (χ2v) is 7.11. The van der Waals surface area contributed by atoms with E-state index in [2.05, 4.69) is 50.5 Å². The van der Waals surface area contributed by atoms with E-state index in [1.54, 1.807) is 12.5 Å². The van der Waals surface area contributed by atoms with Crippen LogP contribution in [0.1, 0.15) is 24.8 Å². The molecule has 4 rings (SSSR count). The predicted octanol–water partition coefficient (Wildman–Crippen LogP) is 2.99. The van der Waals surface area contributed by atoms with Gasteiger partial charge in [-0.1, -0.05) is 30.3 Å². The number of hydrogen-bond acceptors (Lipinski definition) is 4. The minimum Gasteiger partial charge on any atom is -0.367 e. The lowest BCUT2D eigenvalue weighted by Crippen LogP contribution is -2.47. The summed E-state index contributed by atoms with van der Waals surface area (Å²) in [5.74, 6) is 0.957. The molecule has 120 valence electrons. The van der Waals surface area contributed by atoms with E-state index in [0.29, 0.717) is 11.5 Å². The molecule has 23 heavy (non-hydrogen) atoms. The van der Waals surface area contributed by atoms with Gasteiger partial charge in [0.25, 0.3) is 0 Å². The van der Waals surface area contributed by atoms with Crippen LogP contribution in [0.4, 0.5) is 5.82 Å². The predicted molar refractivity (Wildman–Crippen MR) is 92.3 cm³/mol. The third-order valence-corrected chi connectivity index (χ3v) is 5.37. The van der Waals surface area contributed by atoms with Crippen molar-refractivity contribution in [2.75, 3.05) is 25.0 Å². The molecule has 0 unspecified atom stereocenters. The summed E-state index contributed by atoms with van der Waals surface area (Å²) in [6.45, 7) is 3.71. The summed E-state index contributed by atoms with van der Waals surface area (Å²) in [6, 6.07) is 13.4. The first-order chi connectivity index (χ1) is 11.3. The molecule has 4 nitrogen and oxygen atoms in total. The Morgan fingerprint density at radius 3 is 2.83 bits per heavy atom. The Hall–Kier alpha value is -1.94. The van der Waals surface area contributed by atoms with Crippen LogP contribution in [-0.2, 0) is 6.42 Å². The van der Waals surface area contributed by atoms with Crippen molar-refractivity contribution in [1.82, 2.24) is 14.9 Å². The van der Waals surface area contributed by atoms with E-state index in [-0.39, 0.29) is 0 Å². The molecule has 1 spiro atoms. The van der Waals surface area contributed by atoms with Gasteiger partial charge in [0.2, 0.25) is 0 Å². The number of anilines is 1. The molecular weight excluding hydrogens is 284 g/mol. The normalized spacial score (nSPS) is 27.0. The highest BCUT2D eigenvalue weighted by Crippen LogP contribution is 2.48. The second kappa shape index (κ2) is 6.28. The number of nitrogens with zero attached hydrogens (tertiary/aromatic N) is 3. The zero-order chi connectivity index (χ0) is 15.5. The molecule has 2 heterocycles. The summed E-state index contributed by atoms with van der Waals surface area (Å²) < 4.78 is 0. The lowest BCUT2D eigenvalue weighted by molar-refractivity contribution is 0.121. The molecule has 2 fully saturated rings. The van der Waals surface area contributed by atoms with Crippen molar-refractivity contribution in [3.8, 4) is 0 Å². The second-order valence-electron chi connectivity index (χ2n) is 7.11. The van der Waals surface area contributed by atoms with Crippen LogP contribution in [0.2, 0.25) is 0 Å². The quantitative estimate of drug-likeness (QED) is 0.922. The van der Waals surface area contributed by atoms with Crippen molar-refractivity contribution >= 4 is 5.82 Å². The highest BCUT2D eigenvalue weighted by molar-refractivity contribution is 5.34. The van der Waals surface area contributed by atoms with Gasteiger partial charge in [-0.3, -0.25) is 0 Å². The number of hydrogen-bond donors (Lipinski definition) is 1. The van der Waals surface area contributed by atoms with Crippen LogP contribution in [0.25, 0.3) is 0 Å². The van der Waals surface area contributed by atoms with E-state index in [4.69, 9.17) is 0 Å². The van der Waals surface area contributed by atoms with E-state index < -0.39 is 0 Å². The molecule has 0 amide bonds. The number of benzene rings is 1. The fraction of sp³-hybridized carbons (Fsp3) is 0.474. The zero-order valence-electron chi connectivity index (χ0n) is 13.5. The molecule has 0 bridgehead atoms. The maximum absolute atomic E-state index is 4.26. The van der Waals surface area contributed by atoms with Gasteiger partial charge in [0.1, 0.15) is 12.1 Å². The average Bonchev–Trinajstić information content (AvgIpc) is 2.99. The molecule has 0 radical (unpaired) electrons. The molecule has 1 aliphatic heterocycles. The number of aromatic nitrogens is 2. The summed E-state index contributed by atoms with van der Waals surface area (Å²) in [7, 11) is 0. The van der Waals surface area contributed by atoms with Crippen molar-refractivity contribution in [1.29, 1.82) is 0 Å². The highest BCUT2D eigenvalue weighted by Gasteiger charge is 2.48. The molecule has 2 aliphatic rings. The minimum atomic E-state index is 0.557. The first kappa shape index (κ1) is 14.6. The van der Waals surface area contributed by atoms with Crippen LogP contribution < -0.4 is 5.32 Å². The maximum atomic E-state index is 4.26. The van der Waals surface area contributed by atoms with Gasteiger partial charge in [0, 0.05) is 25.3 Å². The highest BCUT2D eigenvalue weighted by atomic mass is 15.2. The maximum Gasteiger partial charge on any atom is 0.129 e. The summed E-state index contributed by atoms with van der Waals surface area (Å²) >= 11 is 0. The summed E-state index contributed by atoms with van der Waals surface area (Å²) in [6.07, 6.45) is 8.48. The molecule has 1 aliphatic carbocycles. The van der Waals surface area contributed by atoms with Gasteiger partial charge in [0.05, 0.1) is 0 Å². The third-order valence-electron chi connectivity index (χ3n) is 5.37. The van der Waals surface area contributed by atoms with E-state index in [1.165, 1.54) is 50.9 Å².